The maximum Gasteiger partial charge on any atom is 0.231 e. The fourth-order valence-electron chi connectivity index (χ4n) is 3.46. The van der Waals surface area contributed by atoms with Crippen molar-refractivity contribution in [3.05, 3.63) is 42.5 Å². The van der Waals surface area contributed by atoms with Gasteiger partial charge in [-0.25, -0.2) is 13.8 Å². The van der Waals surface area contributed by atoms with Gasteiger partial charge in [0.2, 0.25) is 5.91 Å². The van der Waals surface area contributed by atoms with Crippen molar-refractivity contribution in [3.63, 3.8) is 0 Å². The van der Waals surface area contributed by atoms with Crippen LogP contribution in [0.5, 0.6) is 5.75 Å². The molecule has 27 heavy (non-hydrogen) atoms. The molecule has 2 aliphatic rings. The number of phenolic OH excluding ortho intramolecular Hbond substituents is 1. The van der Waals surface area contributed by atoms with Crippen LogP contribution in [0.15, 0.2) is 36.7 Å². The van der Waals surface area contributed by atoms with Gasteiger partial charge in [-0.05, 0) is 48.9 Å². The molecule has 2 aromatic heterocycles. The van der Waals surface area contributed by atoms with E-state index >= 15 is 0 Å². The largest absolute Gasteiger partial charge is 0.504 e. The van der Waals surface area contributed by atoms with E-state index in [4.69, 9.17) is 0 Å². The third kappa shape index (κ3) is 2.74. The van der Waals surface area contributed by atoms with Crippen LogP contribution in [-0.4, -0.2) is 26.7 Å². The van der Waals surface area contributed by atoms with Gasteiger partial charge in [0.1, 0.15) is 12.0 Å². The maximum atomic E-state index is 14.8. The second-order valence-corrected chi connectivity index (χ2v) is 7.26. The summed E-state index contributed by atoms with van der Waals surface area (Å²) in [5.74, 6) is -1.95. The number of anilines is 1. The van der Waals surface area contributed by atoms with Gasteiger partial charge in [0.05, 0.1) is 11.6 Å². The minimum absolute atomic E-state index is 0.230. The van der Waals surface area contributed by atoms with E-state index in [0.29, 0.717) is 22.7 Å². The molecule has 5 nitrogen and oxygen atoms in total. The molecule has 2 aliphatic carbocycles. The molecule has 138 valence electrons. The lowest BCUT2D eigenvalue weighted by Gasteiger charge is -2.13. The number of benzene rings is 1. The van der Waals surface area contributed by atoms with Crippen molar-refractivity contribution < 1.29 is 18.7 Å². The fraction of sp³-hybridized carbons (Fsp3) is 0.300. The van der Waals surface area contributed by atoms with Crippen LogP contribution in [0.1, 0.15) is 25.3 Å². The first-order valence-electron chi connectivity index (χ1n) is 8.96. The van der Waals surface area contributed by atoms with E-state index in [-0.39, 0.29) is 17.6 Å². The Morgan fingerprint density at radius 1 is 1.33 bits per heavy atom. The smallest absolute Gasteiger partial charge is 0.231 e. The standard InChI is InChI=1S/C20H17F2N3O2/c21-15-8-12(15)20(27)24-17-7-10-6-13(18(22)19(26)14(10)9-23-17)16-2-1-5-25(16)11-3-4-11/h1-2,5-7,9,11-12,15,26H,3-4,8H2,(H,23,24,27). The van der Waals surface area contributed by atoms with Gasteiger partial charge in [-0.3, -0.25) is 4.79 Å². The summed E-state index contributed by atoms with van der Waals surface area (Å²) >= 11 is 0. The first kappa shape index (κ1) is 16.2. The normalized spacial score (nSPS) is 21.4. The van der Waals surface area contributed by atoms with Gasteiger partial charge in [-0.1, -0.05) is 0 Å². The molecule has 3 aromatic rings. The minimum atomic E-state index is -1.09. The molecule has 5 rings (SSSR count). The van der Waals surface area contributed by atoms with Crippen molar-refractivity contribution in [2.75, 3.05) is 5.32 Å². The highest BCUT2D eigenvalue weighted by Crippen LogP contribution is 2.42. The predicted molar refractivity (Wildman–Crippen MR) is 96.7 cm³/mol. The Morgan fingerprint density at radius 3 is 2.81 bits per heavy atom. The lowest BCUT2D eigenvalue weighted by atomic mass is 10.0. The summed E-state index contributed by atoms with van der Waals surface area (Å²) < 4.78 is 29.9. The molecule has 2 atom stereocenters. The summed E-state index contributed by atoms with van der Waals surface area (Å²) in [6, 6.07) is 7.25. The predicted octanol–water partition coefficient (Wildman–Crippen LogP) is 4.18. The van der Waals surface area contributed by atoms with Crippen LogP contribution >= 0.6 is 0 Å². The summed E-state index contributed by atoms with van der Waals surface area (Å²) in [5.41, 5.74) is 0.999. The number of halogens is 2. The van der Waals surface area contributed by atoms with Gasteiger partial charge in [0.15, 0.2) is 11.6 Å². The molecular weight excluding hydrogens is 352 g/mol. The zero-order valence-corrected chi connectivity index (χ0v) is 14.3. The Kier molecular flexibility index (Phi) is 3.47. The number of alkyl halides is 1. The Balaban J connectivity index is 1.57. The highest BCUT2D eigenvalue weighted by Gasteiger charge is 2.43. The molecule has 2 N–H and O–H groups in total. The third-order valence-electron chi connectivity index (χ3n) is 5.23. The van der Waals surface area contributed by atoms with Crippen LogP contribution in [0.25, 0.3) is 22.0 Å². The minimum Gasteiger partial charge on any atom is -0.504 e. The van der Waals surface area contributed by atoms with Crippen molar-refractivity contribution in [2.45, 2.75) is 31.5 Å². The second kappa shape index (κ2) is 5.77. The topological polar surface area (TPSA) is 67.2 Å². The van der Waals surface area contributed by atoms with Gasteiger partial charge in [0.25, 0.3) is 0 Å². The Morgan fingerprint density at radius 2 is 2.11 bits per heavy atom. The summed E-state index contributed by atoms with van der Waals surface area (Å²) in [5, 5.41) is 13.7. The Bertz CT molecular complexity index is 1070. The summed E-state index contributed by atoms with van der Waals surface area (Å²) in [6.45, 7) is 0. The number of amides is 1. The van der Waals surface area contributed by atoms with Crippen LogP contribution in [0.3, 0.4) is 0 Å². The Hall–Kier alpha value is -2.96. The first-order chi connectivity index (χ1) is 13.0. The van der Waals surface area contributed by atoms with Gasteiger partial charge < -0.3 is 15.0 Å². The molecule has 0 saturated heterocycles. The molecule has 1 aromatic carbocycles. The molecule has 0 bridgehead atoms. The first-order valence-corrected chi connectivity index (χ1v) is 8.96. The quantitative estimate of drug-likeness (QED) is 0.725. The lowest BCUT2D eigenvalue weighted by molar-refractivity contribution is -0.117. The van der Waals surface area contributed by atoms with Gasteiger partial charge in [0, 0.05) is 29.4 Å². The van der Waals surface area contributed by atoms with Crippen LogP contribution in [-0.2, 0) is 4.79 Å². The molecular formula is C20H17F2N3O2. The average Bonchev–Trinajstić information content (AvgIpc) is 3.57. The number of aromatic nitrogens is 2. The van der Waals surface area contributed by atoms with E-state index in [1.54, 1.807) is 12.1 Å². The number of hydrogen-bond acceptors (Lipinski definition) is 3. The molecule has 0 spiro atoms. The van der Waals surface area contributed by atoms with Crippen LogP contribution in [0.4, 0.5) is 14.6 Å². The lowest BCUT2D eigenvalue weighted by Crippen LogP contribution is -2.15. The number of fused-ring (bicyclic) bond motifs is 1. The maximum absolute atomic E-state index is 14.8. The summed E-state index contributed by atoms with van der Waals surface area (Å²) in [6.07, 6.45) is 4.47. The highest BCUT2D eigenvalue weighted by atomic mass is 19.1. The molecule has 0 radical (unpaired) electrons. The SMILES string of the molecule is O=C(Nc1cc2cc(-c3cccn3C3CC3)c(F)c(O)c2cn1)C1CC1F. The number of pyridine rings is 1. The number of nitrogens with zero attached hydrogens (tertiary/aromatic N) is 2. The summed E-state index contributed by atoms with van der Waals surface area (Å²) in [7, 11) is 0. The summed E-state index contributed by atoms with van der Waals surface area (Å²) in [4.78, 5) is 16.0. The van der Waals surface area contributed by atoms with Gasteiger partial charge in [-0.15, -0.1) is 0 Å². The van der Waals surface area contributed by atoms with Gasteiger partial charge >= 0.3 is 0 Å². The van der Waals surface area contributed by atoms with Crippen molar-refractivity contribution >= 4 is 22.5 Å². The van der Waals surface area contributed by atoms with Crippen LogP contribution in [0.2, 0.25) is 0 Å². The van der Waals surface area contributed by atoms with E-state index in [9.17, 15) is 18.7 Å². The molecule has 2 heterocycles. The van der Waals surface area contributed by atoms with Crippen molar-refractivity contribution in [3.8, 4) is 17.0 Å². The zero-order chi connectivity index (χ0) is 18.7. The fourth-order valence-corrected chi connectivity index (χ4v) is 3.46. The molecule has 7 heteroatoms. The number of phenols is 1. The van der Waals surface area contributed by atoms with E-state index in [1.807, 2.05) is 22.9 Å². The van der Waals surface area contributed by atoms with Gasteiger partial charge in [-0.2, -0.15) is 0 Å². The van der Waals surface area contributed by atoms with Crippen molar-refractivity contribution in [1.82, 2.24) is 9.55 Å². The van der Waals surface area contributed by atoms with E-state index in [1.165, 1.54) is 6.20 Å². The Labute approximate surface area is 153 Å². The van der Waals surface area contributed by atoms with E-state index < -0.39 is 29.6 Å². The third-order valence-corrected chi connectivity index (χ3v) is 5.23. The van der Waals surface area contributed by atoms with Crippen LogP contribution in [0, 0.1) is 11.7 Å². The number of rotatable bonds is 4. The van der Waals surface area contributed by atoms with Crippen molar-refractivity contribution in [1.29, 1.82) is 0 Å². The van der Waals surface area contributed by atoms with Crippen LogP contribution < -0.4 is 5.32 Å². The highest BCUT2D eigenvalue weighted by molar-refractivity contribution is 5.98. The molecule has 0 aliphatic heterocycles. The number of carbonyl (C=O) groups is 1. The second-order valence-electron chi connectivity index (χ2n) is 7.26. The molecule has 1 amide bonds. The van der Waals surface area contributed by atoms with E-state index in [2.05, 4.69) is 10.3 Å². The number of aromatic hydroxyl groups is 1. The monoisotopic (exact) mass is 369 g/mol. The average molecular weight is 369 g/mol. The molecule has 2 fully saturated rings. The molecule has 2 unspecified atom stereocenters. The molecule has 2 saturated carbocycles. The zero-order valence-electron chi connectivity index (χ0n) is 14.3. The number of carbonyl (C=O) groups excluding carboxylic acids is 1. The number of nitrogens with one attached hydrogen (secondary N) is 1. The van der Waals surface area contributed by atoms with Crippen molar-refractivity contribution in [2.24, 2.45) is 5.92 Å². The number of hydrogen-bond donors (Lipinski definition) is 2. The van der Waals surface area contributed by atoms with E-state index in [0.717, 1.165) is 12.8 Å².